The zero-order valence-corrected chi connectivity index (χ0v) is 11.2. The average molecular weight is 232 g/mol. The van der Waals surface area contributed by atoms with Crippen LogP contribution in [0, 0.1) is 12.3 Å². The van der Waals surface area contributed by atoms with Crippen molar-refractivity contribution in [3.63, 3.8) is 0 Å². The van der Waals surface area contributed by atoms with E-state index in [-0.39, 0.29) is 5.41 Å². The lowest BCUT2D eigenvalue weighted by Gasteiger charge is -2.27. The monoisotopic (exact) mass is 232 g/mol. The number of anilines is 1. The summed E-state index contributed by atoms with van der Waals surface area (Å²) in [7, 11) is 0. The fourth-order valence-corrected chi connectivity index (χ4v) is 1.51. The highest BCUT2D eigenvalue weighted by molar-refractivity contribution is 5.50. The molecule has 0 saturated carbocycles. The van der Waals surface area contributed by atoms with Crippen molar-refractivity contribution < 1.29 is 0 Å². The Balaban J connectivity index is 2.29. The number of pyridine rings is 1. The van der Waals surface area contributed by atoms with Gasteiger partial charge in [-0.05, 0) is 30.9 Å². The van der Waals surface area contributed by atoms with Gasteiger partial charge in [0.15, 0.2) is 5.65 Å². The van der Waals surface area contributed by atoms with E-state index in [9.17, 15) is 0 Å². The fraction of sp³-hybridized carbons (Fsp3) is 0.538. The van der Waals surface area contributed by atoms with Crippen LogP contribution in [-0.4, -0.2) is 20.6 Å². The van der Waals surface area contributed by atoms with Gasteiger partial charge in [-0.3, -0.25) is 0 Å². The molecule has 17 heavy (non-hydrogen) atoms. The third-order valence-corrected chi connectivity index (χ3v) is 3.20. The summed E-state index contributed by atoms with van der Waals surface area (Å²) >= 11 is 0. The second kappa shape index (κ2) is 4.02. The topological polar surface area (TPSA) is 42.2 Å². The number of fused-ring (bicyclic) bond motifs is 1. The van der Waals surface area contributed by atoms with E-state index in [1.165, 1.54) is 0 Å². The van der Waals surface area contributed by atoms with Gasteiger partial charge in [-0.1, -0.05) is 26.8 Å². The molecule has 0 bridgehead atoms. The molecule has 0 saturated heterocycles. The van der Waals surface area contributed by atoms with E-state index < -0.39 is 0 Å². The van der Waals surface area contributed by atoms with Crippen LogP contribution in [0.2, 0.25) is 0 Å². The Bertz CT molecular complexity index is 522. The molecule has 0 amide bonds. The smallest absolute Gasteiger partial charge is 0.243 e. The molecule has 2 aromatic heterocycles. The van der Waals surface area contributed by atoms with Crippen molar-refractivity contribution >= 4 is 11.6 Å². The van der Waals surface area contributed by atoms with Crippen molar-refractivity contribution in [2.24, 2.45) is 5.41 Å². The molecule has 0 aromatic carbocycles. The van der Waals surface area contributed by atoms with Gasteiger partial charge in [-0.15, -0.1) is 5.10 Å². The van der Waals surface area contributed by atoms with E-state index in [4.69, 9.17) is 0 Å². The van der Waals surface area contributed by atoms with Gasteiger partial charge in [-0.2, -0.15) is 4.98 Å². The van der Waals surface area contributed by atoms with E-state index >= 15 is 0 Å². The van der Waals surface area contributed by atoms with Crippen LogP contribution in [0.4, 0.5) is 5.95 Å². The molecular formula is C13H20N4. The Morgan fingerprint density at radius 1 is 1.35 bits per heavy atom. The number of nitrogens with one attached hydrogen (secondary N) is 1. The minimum absolute atomic E-state index is 0.187. The van der Waals surface area contributed by atoms with E-state index in [0.717, 1.165) is 11.2 Å². The lowest BCUT2D eigenvalue weighted by Crippen LogP contribution is -2.31. The highest BCUT2D eigenvalue weighted by atomic mass is 15.3. The molecule has 0 aliphatic carbocycles. The zero-order valence-electron chi connectivity index (χ0n) is 11.2. The minimum atomic E-state index is 0.187. The van der Waals surface area contributed by atoms with Crippen molar-refractivity contribution in [2.45, 2.75) is 40.7 Å². The lowest BCUT2D eigenvalue weighted by atomic mass is 9.88. The Kier molecular flexibility index (Phi) is 2.81. The SMILES string of the molecule is Cc1cccn2nc(NC(C)C(C)(C)C)nc12. The number of rotatable bonds is 2. The molecular weight excluding hydrogens is 212 g/mol. The molecule has 2 rings (SSSR count). The van der Waals surface area contributed by atoms with E-state index in [1.807, 2.05) is 29.8 Å². The summed E-state index contributed by atoms with van der Waals surface area (Å²) in [6.07, 6.45) is 1.92. The van der Waals surface area contributed by atoms with E-state index in [0.29, 0.717) is 12.0 Å². The van der Waals surface area contributed by atoms with Crippen LogP contribution in [0.15, 0.2) is 18.3 Å². The summed E-state index contributed by atoms with van der Waals surface area (Å²) in [6.45, 7) is 10.8. The van der Waals surface area contributed by atoms with Gasteiger partial charge in [0, 0.05) is 12.2 Å². The third kappa shape index (κ3) is 2.40. The summed E-state index contributed by atoms with van der Waals surface area (Å²) in [4.78, 5) is 4.51. The molecule has 1 atom stereocenters. The normalized spacial score (nSPS) is 13.9. The lowest BCUT2D eigenvalue weighted by molar-refractivity contribution is 0.358. The van der Waals surface area contributed by atoms with Crippen molar-refractivity contribution in [1.29, 1.82) is 0 Å². The predicted octanol–water partition coefficient (Wildman–Crippen LogP) is 2.88. The Morgan fingerprint density at radius 3 is 2.65 bits per heavy atom. The predicted molar refractivity (Wildman–Crippen MR) is 70.3 cm³/mol. The summed E-state index contributed by atoms with van der Waals surface area (Å²) in [6, 6.07) is 4.34. The van der Waals surface area contributed by atoms with Gasteiger partial charge in [-0.25, -0.2) is 4.52 Å². The average Bonchev–Trinajstić information content (AvgIpc) is 2.60. The number of aryl methyl sites for hydroxylation is 1. The first-order chi connectivity index (χ1) is 7.88. The van der Waals surface area contributed by atoms with E-state index in [2.05, 4.69) is 43.1 Å². The molecule has 4 nitrogen and oxygen atoms in total. The number of aromatic nitrogens is 3. The van der Waals surface area contributed by atoms with Crippen molar-refractivity contribution in [3.8, 4) is 0 Å². The Morgan fingerprint density at radius 2 is 2.06 bits per heavy atom. The Labute approximate surface area is 102 Å². The molecule has 0 aliphatic heterocycles. The third-order valence-electron chi connectivity index (χ3n) is 3.20. The summed E-state index contributed by atoms with van der Waals surface area (Å²) in [5.41, 5.74) is 2.24. The molecule has 1 unspecified atom stereocenters. The molecule has 4 heteroatoms. The second-order valence-electron chi connectivity index (χ2n) is 5.63. The Hall–Kier alpha value is -1.58. The standard InChI is InChI=1S/C13H20N4/c1-9-7-6-8-17-11(9)15-12(16-17)14-10(2)13(3,4)5/h6-8,10H,1-5H3,(H,14,16). The van der Waals surface area contributed by atoms with Crippen molar-refractivity contribution in [3.05, 3.63) is 23.9 Å². The molecule has 0 fully saturated rings. The molecule has 0 aliphatic rings. The zero-order chi connectivity index (χ0) is 12.6. The highest BCUT2D eigenvalue weighted by Crippen LogP contribution is 2.21. The molecule has 92 valence electrons. The number of nitrogens with zero attached hydrogens (tertiary/aromatic N) is 3. The number of hydrogen-bond acceptors (Lipinski definition) is 3. The van der Waals surface area contributed by atoms with Gasteiger partial charge in [0.1, 0.15) is 0 Å². The quantitative estimate of drug-likeness (QED) is 0.865. The maximum absolute atomic E-state index is 4.51. The van der Waals surface area contributed by atoms with Crippen LogP contribution in [0.3, 0.4) is 0 Å². The van der Waals surface area contributed by atoms with Crippen LogP contribution < -0.4 is 5.32 Å². The van der Waals surface area contributed by atoms with Crippen LogP contribution in [0.25, 0.3) is 5.65 Å². The highest BCUT2D eigenvalue weighted by Gasteiger charge is 2.21. The van der Waals surface area contributed by atoms with Crippen LogP contribution in [0.1, 0.15) is 33.3 Å². The van der Waals surface area contributed by atoms with Gasteiger partial charge in [0.25, 0.3) is 0 Å². The van der Waals surface area contributed by atoms with Crippen LogP contribution in [-0.2, 0) is 0 Å². The maximum atomic E-state index is 4.51. The first-order valence-electron chi connectivity index (χ1n) is 5.96. The molecule has 1 N–H and O–H groups in total. The van der Waals surface area contributed by atoms with Gasteiger partial charge in [0.05, 0.1) is 0 Å². The van der Waals surface area contributed by atoms with Crippen LogP contribution in [0.5, 0.6) is 0 Å². The second-order valence-corrected chi connectivity index (χ2v) is 5.63. The first kappa shape index (κ1) is 11.9. The van der Waals surface area contributed by atoms with Crippen LogP contribution >= 0.6 is 0 Å². The number of hydrogen-bond donors (Lipinski definition) is 1. The maximum Gasteiger partial charge on any atom is 0.243 e. The van der Waals surface area contributed by atoms with Gasteiger partial charge in [0.2, 0.25) is 5.95 Å². The first-order valence-corrected chi connectivity index (χ1v) is 5.96. The van der Waals surface area contributed by atoms with Crippen molar-refractivity contribution in [1.82, 2.24) is 14.6 Å². The van der Waals surface area contributed by atoms with Gasteiger partial charge < -0.3 is 5.32 Å². The van der Waals surface area contributed by atoms with Crippen molar-refractivity contribution in [2.75, 3.05) is 5.32 Å². The molecule has 2 aromatic rings. The minimum Gasteiger partial charge on any atom is -0.350 e. The van der Waals surface area contributed by atoms with Gasteiger partial charge >= 0.3 is 0 Å². The molecule has 0 spiro atoms. The largest absolute Gasteiger partial charge is 0.350 e. The summed E-state index contributed by atoms with van der Waals surface area (Å²) in [5, 5.41) is 7.78. The van der Waals surface area contributed by atoms with E-state index in [1.54, 1.807) is 0 Å². The molecule has 2 heterocycles. The summed E-state index contributed by atoms with van der Waals surface area (Å²) < 4.78 is 1.81. The summed E-state index contributed by atoms with van der Waals surface area (Å²) in [5.74, 6) is 0.696. The fourth-order valence-electron chi connectivity index (χ4n) is 1.51. The molecule has 0 radical (unpaired) electrons.